The van der Waals surface area contributed by atoms with Crippen molar-refractivity contribution in [1.82, 2.24) is 5.32 Å². The van der Waals surface area contributed by atoms with Gasteiger partial charge in [-0.05, 0) is 47.2 Å². The first-order chi connectivity index (χ1) is 14.9. The van der Waals surface area contributed by atoms with E-state index in [2.05, 4.69) is 44.3 Å². The number of hydrogen-bond donors (Lipinski definition) is 1. The van der Waals surface area contributed by atoms with E-state index in [0.29, 0.717) is 24.5 Å². The van der Waals surface area contributed by atoms with Crippen molar-refractivity contribution in [1.29, 1.82) is 0 Å². The molecule has 0 aliphatic heterocycles. The van der Waals surface area contributed by atoms with Gasteiger partial charge in [0.2, 0.25) is 0 Å². The lowest BCUT2D eigenvalue weighted by molar-refractivity contribution is 0.0954. The van der Waals surface area contributed by atoms with Crippen LogP contribution >= 0.6 is 0 Å². The molecule has 1 N–H and O–H groups in total. The van der Waals surface area contributed by atoms with Crippen molar-refractivity contribution in [2.75, 3.05) is 13.7 Å². The highest BCUT2D eigenvalue weighted by Crippen LogP contribution is 2.32. The lowest BCUT2D eigenvalue weighted by atomic mass is 9.86. The van der Waals surface area contributed by atoms with E-state index in [1.54, 1.807) is 13.2 Å². The number of benzene rings is 3. The molecule has 0 spiro atoms. The van der Waals surface area contributed by atoms with E-state index in [1.807, 2.05) is 48.5 Å². The second-order valence-corrected chi connectivity index (χ2v) is 8.55. The second-order valence-electron chi connectivity index (χ2n) is 8.55. The van der Waals surface area contributed by atoms with Crippen molar-refractivity contribution in [3.05, 3.63) is 95.1 Å². The third-order valence-electron chi connectivity index (χ3n) is 5.16. The molecule has 0 aliphatic rings. The summed E-state index contributed by atoms with van der Waals surface area (Å²) in [5.41, 5.74) is 3.74. The van der Waals surface area contributed by atoms with Gasteiger partial charge >= 0.3 is 0 Å². The first-order valence-corrected chi connectivity index (χ1v) is 10.6. The van der Waals surface area contributed by atoms with Gasteiger partial charge in [-0.2, -0.15) is 0 Å². The van der Waals surface area contributed by atoms with Gasteiger partial charge in [-0.15, -0.1) is 0 Å². The van der Waals surface area contributed by atoms with Gasteiger partial charge in [-0.25, -0.2) is 0 Å². The SMILES string of the molecule is COc1ccc(C(=O)NCCc2ccccc2)cc1COc1ccccc1C(C)(C)C. The van der Waals surface area contributed by atoms with Gasteiger partial charge in [0.15, 0.2) is 0 Å². The summed E-state index contributed by atoms with van der Waals surface area (Å²) >= 11 is 0. The number of para-hydroxylation sites is 1. The van der Waals surface area contributed by atoms with Crippen molar-refractivity contribution in [3.8, 4) is 11.5 Å². The number of methoxy groups -OCH3 is 1. The molecule has 0 aromatic heterocycles. The van der Waals surface area contributed by atoms with Crippen molar-refractivity contribution in [2.45, 2.75) is 39.2 Å². The number of amides is 1. The molecule has 3 aromatic carbocycles. The fourth-order valence-electron chi connectivity index (χ4n) is 3.47. The molecule has 0 heterocycles. The summed E-state index contributed by atoms with van der Waals surface area (Å²) in [4.78, 5) is 12.7. The molecular weight excluding hydrogens is 386 g/mol. The van der Waals surface area contributed by atoms with Gasteiger partial charge in [0.05, 0.1) is 7.11 Å². The zero-order valence-electron chi connectivity index (χ0n) is 18.8. The number of carbonyl (C=O) groups is 1. The molecule has 4 nitrogen and oxygen atoms in total. The van der Waals surface area contributed by atoms with Gasteiger partial charge in [-0.3, -0.25) is 4.79 Å². The zero-order valence-corrected chi connectivity index (χ0v) is 18.8. The van der Waals surface area contributed by atoms with E-state index in [0.717, 1.165) is 23.3 Å². The van der Waals surface area contributed by atoms with Crippen LogP contribution in [0.3, 0.4) is 0 Å². The van der Waals surface area contributed by atoms with Gasteiger partial charge < -0.3 is 14.8 Å². The Morgan fingerprint density at radius 2 is 1.61 bits per heavy atom. The number of rotatable bonds is 8. The maximum Gasteiger partial charge on any atom is 0.251 e. The molecule has 0 radical (unpaired) electrons. The largest absolute Gasteiger partial charge is 0.496 e. The maximum atomic E-state index is 12.7. The van der Waals surface area contributed by atoms with Crippen LogP contribution in [-0.2, 0) is 18.4 Å². The Hall–Kier alpha value is -3.27. The fraction of sp³-hybridized carbons (Fsp3) is 0.296. The Morgan fingerprint density at radius 1 is 0.903 bits per heavy atom. The molecule has 4 heteroatoms. The number of ether oxygens (including phenoxy) is 2. The first kappa shape index (κ1) is 22.4. The van der Waals surface area contributed by atoms with E-state index in [1.165, 1.54) is 5.56 Å². The summed E-state index contributed by atoms with van der Waals surface area (Å²) in [6.45, 7) is 7.39. The predicted molar refractivity (Wildman–Crippen MR) is 125 cm³/mol. The smallest absolute Gasteiger partial charge is 0.251 e. The second kappa shape index (κ2) is 10.2. The topological polar surface area (TPSA) is 47.6 Å². The van der Waals surface area contributed by atoms with Crippen molar-refractivity contribution in [2.24, 2.45) is 0 Å². The van der Waals surface area contributed by atoms with Crippen LogP contribution in [-0.4, -0.2) is 19.6 Å². The van der Waals surface area contributed by atoms with E-state index >= 15 is 0 Å². The maximum absolute atomic E-state index is 12.7. The molecule has 0 unspecified atom stereocenters. The molecule has 0 saturated carbocycles. The summed E-state index contributed by atoms with van der Waals surface area (Å²) in [6.07, 6.45) is 0.794. The van der Waals surface area contributed by atoms with Crippen LogP contribution in [0.2, 0.25) is 0 Å². The van der Waals surface area contributed by atoms with Crippen LogP contribution in [0, 0.1) is 0 Å². The molecule has 0 aliphatic carbocycles. The Bertz CT molecular complexity index is 1010. The van der Waals surface area contributed by atoms with E-state index in [9.17, 15) is 4.79 Å². The Morgan fingerprint density at radius 3 is 2.32 bits per heavy atom. The standard InChI is InChI=1S/C27H31NO3/c1-27(2,3)23-12-8-9-13-25(23)31-19-22-18-21(14-15-24(22)30-4)26(29)28-17-16-20-10-6-5-7-11-20/h5-15,18H,16-17,19H2,1-4H3,(H,28,29). The van der Waals surface area contributed by atoms with Crippen LogP contribution in [0.4, 0.5) is 0 Å². The monoisotopic (exact) mass is 417 g/mol. The summed E-state index contributed by atoms with van der Waals surface area (Å²) in [5, 5.41) is 2.99. The minimum Gasteiger partial charge on any atom is -0.496 e. The molecule has 0 saturated heterocycles. The predicted octanol–water partition coefficient (Wildman–Crippen LogP) is 5.54. The van der Waals surface area contributed by atoms with Crippen LogP contribution in [0.1, 0.15) is 47.8 Å². The summed E-state index contributed by atoms with van der Waals surface area (Å²) in [6, 6.07) is 23.6. The minimum absolute atomic E-state index is 0.0266. The molecule has 0 fully saturated rings. The van der Waals surface area contributed by atoms with E-state index < -0.39 is 0 Å². The Labute approximate surface area is 185 Å². The lowest BCUT2D eigenvalue weighted by Gasteiger charge is -2.23. The molecule has 1 amide bonds. The molecule has 3 rings (SSSR count). The molecular formula is C27H31NO3. The normalized spacial score (nSPS) is 11.1. The fourth-order valence-corrected chi connectivity index (χ4v) is 3.47. The molecule has 0 bridgehead atoms. The molecule has 31 heavy (non-hydrogen) atoms. The van der Waals surface area contributed by atoms with Gasteiger partial charge in [0.1, 0.15) is 18.1 Å². The summed E-state index contributed by atoms with van der Waals surface area (Å²) < 4.78 is 11.6. The first-order valence-electron chi connectivity index (χ1n) is 10.6. The third-order valence-corrected chi connectivity index (χ3v) is 5.16. The van der Waals surface area contributed by atoms with Crippen LogP contribution < -0.4 is 14.8 Å². The number of carbonyl (C=O) groups excluding carboxylic acids is 1. The summed E-state index contributed by atoms with van der Waals surface area (Å²) in [5.74, 6) is 1.44. The van der Waals surface area contributed by atoms with Gasteiger partial charge in [0, 0.05) is 17.7 Å². The molecule has 0 atom stereocenters. The van der Waals surface area contributed by atoms with Crippen LogP contribution in [0.15, 0.2) is 72.8 Å². The highest BCUT2D eigenvalue weighted by atomic mass is 16.5. The minimum atomic E-state index is -0.102. The third kappa shape index (κ3) is 6.11. The van der Waals surface area contributed by atoms with Gasteiger partial charge in [-0.1, -0.05) is 69.3 Å². The quantitative estimate of drug-likeness (QED) is 0.523. The van der Waals surface area contributed by atoms with E-state index in [4.69, 9.17) is 9.47 Å². The Balaban J connectivity index is 1.69. The van der Waals surface area contributed by atoms with Crippen molar-refractivity contribution >= 4 is 5.91 Å². The van der Waals surface area contributed by atoms with Crippen molar-refractivity contribution in [3.63, 3.8) is 0 Å². The highest BCUT2D eigenvalue weighted by Gasteiger charge is 2.19. The van der Waals surface area contributed by atoms with Gasteiger partial charge in [0.25, 0.3) is 5.91 Å². The average molecular weight is 418 g/mol. The highest BCUT2D eigenvalue weighted by molar-refractivity contribution is 5.94. The zero-order chi connectivity index (χ0) is 22.3. The molecule has 162 valence electrons. The summed E-state index contributed by atoms with van der Waals surface area (Å²) in [7, 11) is 1.63. The van der Waals surface area contributed by atoms with E-state index in [-0.39, 0.29) is 11.3 Å². The van der Waals surface area contributed by atoms with Crippen LogP contribution in [0.5, 0.6) is 11.5 Å². The molecule has 3 aromatic rings. The van der Waals surface area contributed by atoms with Crippen LogP contribution in [0.25, 0.3) is 0 Å². The average Bonchev–Trinajstić information content (AvgIpc) is 2.77. The number of nitrogens with one attached hydrogen (secondary N) is 1. The number of hydrogen-bond acceptors (Lipinski definition) is 3. The Kier molecular flexibility index (Phi) is 7.35. The van der Waals surface area contributed by atoms with Crippen molar-refractivity contribution < 1.29 is 14.3 Å². The lowest BCUT2D eigenvalue weighted by Crippen LogP contribution is -2.25.